The lowest BCUT2D eigenvalue weighted by Gasteiger charge is -2.29. The van der Waals surface area contributed by atoms with Gasteiger partial charge in [0.05, 0.1) is 12.6 Å². The van der Waals surface area contributed by atoms with E-state index in [0.29, 0.717) is 24.4 Å². The second kappa shape index (κ2) is 8.28. The fourth-order valence-corrected chi connectivity index (χ4v) is 4.06. The van der Waals surface area contributed by atoms with Gasteiger partial charge in [0, 0.05) is 19.1 Å². The average Bonchev–Trinajstić information content (AvgIpc) is 2.91. The number of likely N-dealkylation sites (tertiary alicyclic amines) is 1. The Hall–Kier alpha value is -1.17. The van der Waals surface area contributed by atoms with Crippen LogP contribution in [-0.4, -0.2) is 36.5 Å². The van der Waals surface area contributed by atoms with E-state index in [9.17, 15) is 9.18 Å². The van der Waals surface area contributed by atoms with Crippen LogP contribution in [0.25, 0.3) is 0 Å². The van der Waals surface area contributed by atoms with Gasteiger partial charge in [0.2, 0.25) is 5.91 Å². The maximum atomic E-state index is 13.0. The quantitative estimate of drug-likeness (QED) is 0.872. The Bertz CT molecular complexity index is 554. The molecule has 6 heteroatoms. The monoisotopic (exact) mass is 355 g/mol. The summed E-state index contributed by atoms with van der Waals surface area (Å²) in [7, 11) is 0. The Labute approximate surface area is 149 Å². The van der Waals surface area contributed by atoms with Crippen LogP contribution in [-0.2, 0) is 4.79 Å². The first-order valence-electron chi connectivity index (χ1n) is 8.55. The Morgan fingerprint density at radius 3 is 2.71 bits per heavy atom. The summed E-state index contributed by atoms with van der Waals surface area (Å²) in [5.74, 6) is 0.962. The third-order valence-corrected chi connectivity index (χ3v) is 5.34. The number of nitrogens with one attached hydrogen (secondary N) is 1. The van der Waals surface area contributed by atoms with Crippen molar-refractivity contribution in [3.8, 4) is 0 Å². The zero-order chi connectivity index (χ0) is 16.4. The van der Waals surface area contributed by atoms with E-state index in [4.69, 9.17) is 5.73 Å². The SMILES string of the molecule is CC(NC(=O)CN1CC2CCCC(N)C2C1)c1ccc(F)cc1.Cl. The number of hydrogen-bond donors (Lipinski definition) is 2. The van der Waals surface area contributed by atoms with Crippen molar-refractivity contribution in [3.63, 3.8) is 0 Å². The molecule has 0 bridgehead atoms. The second-order valence-electron chi connectivity index (χ2n) is 7.05. The van der Waals surface area contributed by atoms with Gasteiger partial charge in [-0.1, -0.05) is 18.6 Å². The Kier molecular flexibility index (Phi) is 6.61. The van der Waals surface area contributed by atoms with Gasteiger partial charge in [-0.05, 0) is 49.3 Å². The molecular weight excluding hydrogens is 329 g/mol. The lowest BCUT2D eigenvalue weighted by atomic mass is 9.78. The summed E-state index contributed by atoms with van der Waals surface area (Å²) < 4.78 is 13.0. The summed E-state index contributed by atoms with van der Waals surface area (Å²) in [4.78, 5) is 14.5. The van der Waals surface area contributed by atoms with Gasteiger partial charge in [0.15, 0.2) is 0 Å². The maximum absolute atomic E-state index is 13.0. The first kappa shape index (κ1) is 19.2. The number of amides is 1. The number of carbonyl (C=O) groups is 1. The highest BCUT2D eigenvalue weighted by molar-refractivity contribution is 5.85. The summed E-state index contributed by atoms with van der Waals surface area (Å²) in [6.45, 7) is 4.26. The van der Waals surface area contributed by atoms with Crippen LogP contribution in [0.4, 0.5) is 4.39 Å². The minimum absolute atomic E-state index is 0. The van der Waals surface area contributed by atoms with Crippen LogP contribution in [0.15, 0.2) is 24.3 Å². The maximum Gasteiger partial charge on any atom is 0.234 e. The molecular formula is C18H27ClFN3O. The molecule has 1 saturated heterocycles. The summed E-state index contributed by atoms with van der Waals surface area (Å²) in [6, 6.07) is 6.44. The smallest absolute Gasteiger partial charge is 0.234 e. The molecule has 1 aromatic rings. The number of nitrogens with two attached hydrogens (primary N) is 1. The van der Waals surface area contributed by atoms with Crippen molar-refractivity contribution in [2.24, 2.45) is 17.6 Å². The van der Waals surface area contributed by atoms with Gasteiger partial charge in [-0.3, -0.25) is 9.69 Å². The predicted molar refractivity (Wildman–Crippen MR) is 95.5 cm³/mol. The minimum Gasteiger partial charge on any atom is -0.348 e. The Morgan fingerprint density at radius 2 is 2.04 bits per heavy atom. The van der Waals surface area contributed by atoms with Gasteiger partial charge < -0.3 is 11.1 Å². The molecule has 2 fully saturated rings. The third kappa shape index (κ3) is 4.47. The molecule has 1 aromatic carbocycles. The van der Waals surface area contributed by atoms with Crippen molar-refractivity contribution in [2.45, 2.75) is 38.3 Å². The molecule has 1 heterocycles. The first-order chi connectivity index (χ1) is 11.0. The standard InChI is InChI=1S/C18H26FN3O.ClH/c1-12(13-5-7-15(19)8-6-13)21-18(23)11-22-9-14-3-2-4-17(20)16(14)10-22;/h5-8,12,14,16-17H,2-4,9-11,20H2,1H3,(H,21,23);1H. The van der Waals surface area contributed by atoms with Gasteiger partial charge in [-0.2, -0.15) is 0 Å². The third-order valence-electron chi connectivity index (χ3n) is 5.34. The summed E-state index contributed by atoms with van der Waals surface area (Å²) >= 11 is 0. The molecule has 0 radical (unpaired) electrons. The topological polar surface area (TPSA) is 58.4 Å². The van der Waals surface area contributed by atoms with E-state index in [1.54, 1.807) is 12.1 Å². The van der Waals surface area contributed by atoms with Gasteiger partial charge in [0.25, 0.3) is 0 Å². The van der Waals surface area contributed by atoms with E-state index in [2.05, 4.69) is 10.2 Å². The molecule has 134 valence electrons. The van der Waals surface area contributed by atoms with Crippen LogP contribution in [0.3, 0.4) is 0 Å². The minimum atomic E-state index is -0.261. The normalized spacial score (nSPS) is 27.9. The molecule has 24 heavy (non-hydrogen) atoms. The van der Waals surface area contributed by atoms with E-state index >= 15 is 0 Å². The fourth-order valence-electron chi connectivity index (χ4n) is 4.06. The van der Waals surface area contributed by atoms with E-state index in [1.807, 2.05) is 6.92 Å². The lowest BCUT2D eigenvalue weighted by molar-refractivity contribution is -0.122. The zero-order valence-electron chi connectivity index (χ0n) is 14.1. The molecule has 1 aliphatic carbocycles. The van der Waals surface area contributed by atoms with Crippen LogP contribution in [0.1, 0.15) is 37.8 Å². The van der Waals surface area contributed by atoms with E-state index < -0.39 is 0 Å². The van der Waals surface area contributed by atoms with Gasteiger partial charge >= 0.3 is 0 Å². The van der Waals surface area contributed by atoms with Crippen LogP contribution < -0.4 is 11.1 Å². The number of hydrogen-bond acceptors (Lipinski definition) is 3. The predicted octanol–water partition coefficient (Wildman–Crippen LogP) is 2.48. The molecule has 3 N–H and O–H groups in total. The highest BCUT2D eigenvalue weighted by atomic mass is 35.5. The molecule has 1 aliphatic heterocycles. The highest BCUT2D eigenvalue weighted by Crippen LogP contribution is 2.35. The van der Waals surface area contributed by atoms with Crippen LogP contribution in [0.2, 0.25) is 0 Å². The van der Waals surface area contributed by atoms with Crippen molar-refractivity contribution in [1.29, 1.82) is 0 Å². The number of benzene rings is 1. The molecule has 4 unspecified atom stereocenters. The van der Waals surface area contributed by atoms with Crippen molar-refractivity contribution in [2.75, 3.05) is 19.6 Å². The molecule has 4 nitrogen and oxygen atoms in total. The van der Waals surface area contributed by atoms with E-state index in [0.717, 1.165) is 25.1 Å². The van der Waals surface area contributed by atoms with Crippen molar-refractivity contribution in [1.82, 2.24) is 10.2 Å². The van der Waals surface area contributed by atoms with E-state index in [1.165, 1.54) is 25.0 Å². The van der Waals surface area contributed by atoms with Gasteiger partial charge in [0.1, 0.15) is 5.82 Å². The first-order valence-corrected chi connectivity index (χ1v) is 8.55. The average molecular weight is 356 g/mol. The number of fused-ring (bicyclic) bond motifs is 1. The van der Waals surface area contributed by atoms with Crippen LogP contribution in [0.5, 0.6) is 0 Å². The van der Waals surface area contributed by atoms with Crippen molar-refractivity contribution < 1.29 is 9.18 Å². The van der Waals surface area contributed by atoms with Crippen LogP contribution in [0, 0.1) is 17.7 Å². The van der Waals surface area contributed by atoms with Crippen molar-refractivity contribution >= 4 is 18.3 Å². The molecule has 0 aromatic heterocycles. The number of rotatable bonds is 4. The number of halogens is 2. The molecule has 2 aliphatic rings. The highest BCUT2D eigenvalue weighted by Gasteiger charge is 2.39. The fraction of sp³-hybridized carbons (Fsp3) is 0.611. The summed E-state index contributed by atoms with van der Waals surface area (Å²) in [5.41, 5.74) is 7.14. The molecule has 1 saturated carbocycles. The number of nitrogens with zero attached hydrogens (tertiary/aromatic N) is 1. The van der Waals surface area contributed by atoms with Crippen LogP contribution >= 0.6 is 12.4 Å². The lowest BCUT2D eigenvalue weighted by Crippen LogP contribution is -2.39. The molecule has 1 amide bonds. The molecule has 3 rings (SSSR count). The summed E-state index contributed by atoms with van der Waals surface area (Å²) in [5, 5.41) is 3.00. The second-order valence-corrected chi connectivity index (χ2v) is 7.05. The Morgan fingerprint density at radius 1 is 1.33 bits per heavy atom. The van der Waals surface area contributed by atoms with Gasteiger partial charge in [-0.25, -0.2) is 4.39 Å². The molecule has 0 spiro atoms. The summed E-state index contributed by atoms with van der Waals surface area (Å²) in [6.07, 6.45) is 3.56. The van der Waals surface area contributed by atoms with E-state index in [-0.39, 0.29) is 30.2 Å². The number of carbonyl (C=O) groups excluding carboxylic acids is 1. The largest absolute Gasteiger partial charge is 0.348 e. The molecule has 4 atom stereocenters. The van der Waals surface area contributed by atoms with Gasteiger partial charge in [-0.15, -0.1) is 12.4 Å². The Balaban J connectivity index is 0.00000208. The zero-order valence-corrected chi connectivity index (χ0v) is 14.9. The van der Waals surface area contributed by atoms with Crippen molar-refractivity contribution in [3.05, 3.63) is 35.6 Å².